The Morgan fingerprint density at radius 1 is 0.710 bits per heavy atom. The van der Waals surface area contributed by atoms with Gasteiger partial charge in [0.25, 0.3) is 11.8 Å². The fraction of sp³-hybridized carbons (Fsp3) is 0. The number of carbonyl (C=O) groups excluding carboxylic acids is 1. The second kappa shape index (κ2) is 8.12. The van der Waals surface area contributed by atoms with E-state index < -0.39 is 0 Å². The number of furan rings is 1. The number of rotatable bonds is 5. The predicted octanol–water partition coefficient (Wildman–Crippen LogP) is 5.92. The lowest BCUT2D eigenvalue weighted by atomic mass is 10.0. The van der Waals surface area contributed by atoms with Gasteiger partial charge in [0.05, 0.1) is 6.26 Å². The van der Waals surface area contributed by atoms with Crippen LogP contribution in [0.5, 0.6) is 0 Å². The van der Waals surface area contributed by atoms with Gasteiger partial charge in [0, 0.05) is 16.8 Å². The van der Waals surface area contributed by atoms with Crippen molar-refractivity contribution in [3.63, 3.8) is 0 Å². The van der Waals surface area contributed by atoms with Gasteiger partial charge < -0.3 is 14.2 Å². The maximum atomic E-state index is 12.7. The van der Waals surface area contributed by atoms with E-state index in [2.05, 4.69) is 15.5 Å². The van der Waals surface area contributed by atoms with E-state index in [0.29, 0.717) is 34.4 Å². The van der Waals surface area contributed by atoms with Crippen molar-refractivity contribution in [2.75, 3.05) is 5.32 Å². The summed E-state index contributed by atoms with van der Waals surface area (Å²) in [7, 11) is 0. The molecule has 31 heavy (non-hydrogen) atoms. The first-order valence-corrected chi connectivity index (χ1v) is 9.71. The third-order valence-corrected chi connectivity index (χ3v) is 4.78. The summed E-state index contributed by atoms with van der Waals surface area (Å²) in [5.74, 6) is 0.948. The molecule has 1 N–H and O–H groups in total. The first-order valence-electron chi connectivity index (χ1n) is 9.71. The number of carbonyl (C=O) groups is 1. The van der Waals surface area contributed by atoms with Gasteiger partial charge in [-0.15, -0.1) is 10.2 Å². The molecular weight excluding hydrogens is 390 g/mol. The molecule has 0 aliphatic carbocycles. The zero-order valence-electron chi connectivity index (χ0n) is 16.4. The summed E-state index contributed by atoms with van der Waals surface area (Å²) in [6.07, 6.45) is 1.54. The maximum absolute atomic E-state index is 12.7. The van der Waals surface area contributed by atoms with Crippen LogP contribution in [-0.2, 0) is 0 Å². The molecule has 0 aliphatic rings. The molecular formula is C25H17N3O3. The molecule has 0 radical (unpaired) electrons. The quantitative estimate of drug-likeness (QED) is 0.391. The maximum Gasteiger partial charge on any atom is 0.283 e. The van der Waals surface area contributed by atoms with Crippen molar-refractivity contribution in [1.29, 1.82) is 0 Å². The number of nitrogens with zero attached hydrogens (tertiary/aromatic N) is 2. The summed E-state index contributed by atoms with van der Waals surface area (Å²) in [6, 6.07) is 28.3. The number of hydrogen-bond donors (Lipinski definition) is 1. The molecule has 3 aromatic carbocycles. The summed E-state index contributed by atoms with van der Waals surface area (Å²) in [6.45, 7) is 0. The fourth-order valence-electron chi connectivity index (χ4n) is 3.22. The van der Waals surface area contributed by atoms with Gasteiger partial charge in [-0.3, -0.25) is 4.79 Å². The normalized spacial score (nSPS) is 10.7. The summed E-state index contributed by atoms with van der Waals surface area (Å²) < 4.78 is 11.0. The highest BCUT2D eigenvalue weighted by Gasteiger charge is 2.13. The first kappa shape index (κ1) is 18.6. The molecule has 0 bridgehead atoms. The molecule has 0 fully saturated rings. The molecule has 0 saturated heterocycles. The summed E-state index contributed by atoms with van der Waals surface area (Å²) in [5.41, 5.74) is 4.07. The highest BCUT2D eigenvalue weighted by atomic mass is 16.4. The molecule has 0 atom stereocenters. The van der Waals surface area contributed by atoms with E-state index in [-0.39, 0.29) is 5.91 Å². The average molecular weight is 407 g/mol. The molecule has 2 heterocycles. The second-order valence-electron chi connectivity index (χ2n) is 6.87. The molecule has 5 rings (SSSR count). The van der Waals surface area contributed by atoms with Gasteiger partial charge in [0.2, 0.25) is 5.89 Å². The van der Waals surface area contributed by atoms with E-state index in [9.17, 15) is 4.79 Å². The van der Waals surface area contributed by atoms with E-state index >= 15 is 0 Å². The lowest BCUT2D eigenvalue weighted by Crippen LogP contribution is -2.11. The highest BCUT2D eigenvalue weighted by molar-refractivity contribution is 6.04. The Hall–Kier alpha value is -4.45. The largest absolute Gasteiger partial charge is 0.459 e. The van der Waals surface area contributed by atoms with Gasteiger partial charge in [-0.25, -0.2) is 0 Å². The average Bonchev–Trinajstić information content (AvgIpc) is 3.52. The van der Waals surface area contributed by atoms with Crippen molar-refractivity contribution in [2.45, 2.75) is 0 Å². The van der Waals surface area contributed by atoms with E-state index in [0.717, 1.165) is 11.1 Å². The summed E-state index contributed by atoms with van der Waals surface area (Å²) in [5, 5.41) is 11.0. The van der Waals surface area contributed by atoms with Gasteiger partial charge in [-0.05, 0) is 53.6 Å². The molecule has 0 aliphatic heterocycles. The molecule has 5 aromatic rings. The third-order valence-electron chi connectivity index (χ3n) is 4.78. The number of aromatic nitrogens is 2. The van der Waals surface area contributed by atoms with Crippen LogP contribution in [0.4, 0.5) is 5.69 Å². The second-order valence-corrected chi connectivity index (χ2v) is 6.87. The Morgan fingerprint density at radius 2 is 1.45 bits per heavy atom. The number of amides is 1. The van der Waals surface area contributed by atoms with Crippen LogP contribution in [0.25, 0.3) is 34.2 Å². The third kappa shape index (κ3) is 4.00. The predicted molar refractivity (Wildman–Crippen MR) is 117 cm³/mol. The number of anilines is 1. The van der Waals surface area contributed by atoms with Crippen LogP contribution in [0.1, 0.15) is 10.4 Å². The molecule has 1 amide bonds. The van der Waals surface area contributed by atoms with Gasteiger partial charge in [0.15, 0.2) is 5.76 Å². The Labute approximate surface area is 178 Å². The molecule has 150 valence electrons. The smallest absolute Gasteiger partial charge is 0.283 e. The molecule has 0 unspecified atom stereocenters. The van der Waals surface area contributed by atoms with Crippen LogP contribution in [0.2, 0.25) is 0 Å². The lowest BCUT2D eigenvalue weighted by Gasteiger charge is -2.07. The van der Waals surface area contributed by atoms with E-state index in [1.165, 1.54) is 0 Å². The number of benzene rings is 3. The van der Waals surface area contributed by atoms with Crippen molar-refractivity contribution in [3.8, 4) is 34.2 Å². The van der Waals surface area contributed by atoms with E-state index in [1.807, 2.05) is 72.8 Å². The Bertz CT molecular complexity index is 1310. The minimum Gasteiger partial charge on any atom is -0.459 e. The van der Waals surface area contributed by atoms with Crippen LogP contribution >= 0.6 is 0 Å². The zero-order valence-corrected chi connectivity index (χ0v) is 16.4. The van der Waals surface area contributed by atoms with E-state index in [4.69, 9.17) is 8.83 Å². The van der Waals surface area contributed by atoms with Crippen molar-refractivity contribution < 1.29 is 13.6 Å². The minimum atomic E-state index is -0.196. The molecule has 0 spiro atoms. The van der Waals surface area contributed by atoms with Crippen molar-refractivity contribution in [2.24, 2.45) is 0 Å². The van der Waals surface area contributed by atoms with Gasteiger partial charge in [-0.2, -0.15) is 0 Å². The number of hydrogen-bond acceptors (Lipinski definition) is 5. The molecule has 2 aromatic heterocycles. The minimum absolute atomic E-state index is 0.196. The van der Waals surface area contributed by atoms with Crippen molar-refractivity contribution in [1.82, 2.24) is 10.2 Å². The van der Waals surface area contributed by atoms with Gasteiger partial charge in [-0.1, -0.05) is 48.5 Å². The van der Waals surface area contributed by atoms with E-state index in [1.54, 1.807) is 24.5 Å². The Morgan fingerprint density at radius 3 is 2.23 bits per heavy atom. The van der Waals surface area contributed by atoms with Crippen LogP contribution in [0.15, 0.2) is 106 Å². The van der Waals surface area contributed by atoms with Crippen molar-refractivity contribution >= 4 is 11.6 Å². The lowest BCUT2D eigenvalue weighted by molar-refractivity contribution is 0.102. The van der Waals surface area contributed by atoms with Gasteiger partial charge in [0.1, 0.15) is 0 Å². The molecule has 6 heteroatoms. The Kier molecular flexibility index (Phi) is 4.86. The fourth-order valence-corrected chi connectivity index (χ4v) is 3.22. The van der Waals surface area contributed by atoms with Gasteiger partial charge >= 0.3 is 0 Å². The highest BCUT2D eigenvalue weighted by Crippen LogP contribution is 2.26. The summed E-state index contributed by atoms with van der Waals surface area (Å²) in [4.78, 5) is 12.7. The number of nitrogens with one attached hydrogen (secondary N) is 1. The van der Waals surface area contributed by atoms with Crippen LogP contribution in [0, 0.1) is 0 Å². The Balaban J connectivity index is 1.32. The van der Waals surface area contributed by atoms with Crippen LogP contribution in [0.3, 0.4) is 0 Å². The molecule has 0 saturated carbocycles. The van der Waals surface area contributed by atoms with Crippen LogP contribution < -0.4 is 5.32 Å². The summed E-state index contributed by atoms with van der Waals surface area (Å²) >= 11 is 0. The topological polar surface area (TPSA) is 81.2 Å². The SMILES string of the molecule is O=C(Nc1cccc(-c2nnc(-c3ccco3)o2)c1)c1ccc(-c2ccccc2)cc1. The zero-order chi connectivity index (χ0) is 21.0. The van der Waals surface area contributed by atoms with Crippen LogP contribution in [-0.4, -0.2) is 16.1 Å². The molecule has 6 nitrogen and oxygen atoms in total. The first-order chi connectivity index (χ1) is 15.3. The van der Waals surface area contributed by atoms with Crippen molar-refractivity contribution in [3.05, 3.63) is 103 Å². The monoisotopic (exact) mass is 407 g/mol. The standard InChI is InChI=1S/C25H17N3O3/c29-23(19-13-11-18(12-14-19)17-6-2-1-3-7-17)26-21-9-4-8-20(16-21)24-27-28-25(31-24)22-10-5-15-30-22/h1-16H,(H,26,29).